The topological polar surface area (TPSA) is 37.3 Å². The van der Waals surface area contributed by atoms with E-state index in [0.29, 0.717) is 0 Å². The Balaban J connectivity index is 4.69. The van der Waals surface area contributed by atoms with Gasteiger partial charge in [0.2, 0.25) is 0 Å². The molecular weight excluding hydrogens is 151 g/mol. The van der Waals surface area contributed by atoms with E-state index in [4.69, 9.17) is 5.11 Å². The van der Waals surface area contributed by atoms with E-state index in [2.05, 4.69) is 20.8 Å². The second-order valence-electron chi connectivity index (χ2n) is 5.11. The fraction of sp³-hybridized carbons (Fsp3) is 0.889. The number of aliphatic carboxylic acids is 1. The van der Waals surface area contributed by atoms with Crippen molar-refractivity contribution in [2.24, 2.45) is 0 Å². The zero-order chi connectivity index (χ0) is 10.2. The van der Waals surface area contributed by atoms with Gasteiger partial charge in [-0.15, -0.1) is 0 Å². The molecule has 0 saturated carbocycles. The number of hydrogen-bond donors (Lipinski definition) is 1. The van der Waals surface area contributed by atoms with Crippen LogP contribution in [0.5, 0.6) is 0 Å². The predicted octanol–water partition coefficient (Wildman–Crippen LogP) is 2.78. The van der Waals surface area contributed by atoms with Crippen LogP contribution in [0.3, 0.4) is 0 Å². The van der Waals surface area contributed by atoms with Gasteiger partial charge in [0.1, 0.15) is 0 Å². The summed E-state index contributed by atoms with van der Waals surface area (Å²) in [5.74, 6) is -0.718. The van der Waals surface area contributed by atoms with E-state index in [1.807, 2.05) is 6.82 Å². The molecule has 0 aliphatic rings. The number of carbonyl (C=O) groups is 1. The molecule has 0 radical (unpaired) electrons. The van der Waals surface area contributed by atoms with Crippen LogP contribution in [0.15, 0.2) is 0 Å². The summed E-state index contributed by atoms with van der Waals surface area (Å²) in [5, 5.41) is 8.38. The van der Waals surface area contributed by atoms with E-state index >= 15 is 0 Å². The third-order valence-electron chi connectivity index (χ3n) is 2.93. The lowest BCUT2D eigenvalue weighted by molar-refractivity contribution is -0.139. The Bertz CT molecular complexity index is 179. The molecule has 0 rings (SSSR count). The summed E-state index contributed by atoms with van der Waals surface area (Å²) in [5.41, 5.74) is 0. The van der Waals surface area contributed by atoms with Gasteiger partial charge in [0.05, 0.1) is 0 Å². The van der Waals surface area contributed by atoms with Crippen molar-refractivity contribution in [3.8, 4) is 0 Å². The molecule has 0 aliphatic carbocycles. The van der Waals surface area contributed by atoms with Gasteiger partial charge in [-0.3, -0.25) is 4.79 Å². The second kappa shape index (κ2) is 3.12. The van der Waals surface area contributed by atoms with Crippen molar-refractivity contribution < 1.29 is 9.90 Å². The van der Waals surface area contributed by atoms with Gasteiger partial charge < -0.3 is 5.11 Å². The first kappa shape index (κ1) is 11.5. The predicted molar refractivity (Wildman–Crippen MR) is 53.0 cm³/mol. The molecule has 70 valence electrons. The lowest BCUT2D eigenvalue weighted by atomic mass is 9.25. The van der Waals surface area contributed by atoms with Gasteiger partial charge in [-0.1, -0.05) is 46.8 Å². The minimum absolute atomic E-state index is 0.0435. The van der Waals surface area contributed by atoms with Crippen molar-refractivity contribution in [1.82, 2.24) is 0 Å². The summed E-state index contributed by atoms with van der Waals surface area (Å²) in [4.78, 5) is 10.9. The molecule has 0 amide bonds. The molecule has 0 aliphatic heterocycles. The van der Waals surface area contributed by atoms with Crippen LogP contribution in [0, 0.1) is 0 Å². The van der Waals surface area contributed by atoms with E-state index < -0.39 is 11.3 Å². The maximum Gasteiger partial charge on any atom is 0.301 e. The van der Waals surface area contributed by atoms with E-state index in [-0.39, 0.29) is 12.0 Å². The van der Waals surface area contributed by atoms with Gasteiger partial charge in [0.15, 0.2) is 6.71 Å². The molecule has 0 saturated heterocycles. The van der Waals surface area contributed by atoms with Gasteiger partial charge in [-0.25, -0.2) is 0 Å². The van der Waals surface area contributed by atoms with Crippen LogP contribution in [0.4, 0.5) is 0 Å². The minimum Gasteiger partial charge on any atom is -0.481 e. The Morgan fingerprint density at radius 1 is 1.17 bits per heavy atom. The summed E-state index contributed by atoms with van der Waals surface area (Å²) >= 11 is 0. The number of hydrogen-bond acceptors (Lipinski definition) is 1. The van der Waals surface area contributed by atoms with Gasteiger partial charge in [0, 0.05) is 5.31 Å². The highest BCUT2D eigenvalue weighted by atomic mass is 16.4. The number of rotatable bonds is 2. The molecule has 0 unspecified atom stereocenters. The monoisotopic (exact) mass is 170 g/mol. The SMILES string of the molecule is CB(C(C)(C)C)C(C)(C)C(=O)O. The molecule has 0 heterocycles. The summed E-state index contributed by atoms with van der Waals surface area (Å²) < 4.78 is 0. The molecule has 0 atom stereocenters. The smallest absolute Gasteiger partial charge is 0.301 e. The molecule has 0 fully saturated rings. The molecule has 0 aromatic carbocycles. The largest absolute Gasteiger partial charge is 0.481 e. The van der Waals surface area contributed by atoms with Crippen molar-refractivity contribution in [2.45, 2.75) is 52.1 Å². The first-order chi connectivity index (χ1) is 5.10. The van der Waals surface area contributed by atoms with E-state index in [1.54, 1.807) is 13.8 Å². The molecule has 3 heteroatoms. The van der Waals surface area contributed by atoms with Crippen molar-refractivity contribution >= 4 is 12.7 Å². The van der Waals surface area contributed by atoms with Crippen LogP contribution in [0.2, 0.25) is 17.5 Å². The zero-order valence-electron chi connectivity index (χ0n) is 8.93. The van der Waals surface area contributed by atoms with Crippen molar-refractivity contribution in [1.29, 1.82) is 0 Å². The number of carboxylic acid groups (broad SMARTS) is 1. The maximum atomic E-state index is 10.9. The van der Waals surface area contributed by atoms with Crippen LogP contribution in [0.1, 0.15) is 34.6 Å². The molecule has 0 aromatic rings. The fourth-order valence-corrected chi connectivity index (χ4v) is 1.27. The molecule has 1 N–H and O–H groups in total. The molecular formula is C9H19BO2. The van der Waals surface area contributed by atoms with Gasteiger partial charge >= 0.3 is 5.97 Å². The Labute approximate surface area is 75.4 Å². The van der Waals surface area contributed by atoms with Crippen LogP contribution in [-0.4, -0.2) is 17.8 Å². The average molecular weight is 170 g/mol. The van der Waals surface area contributed by atoms with Crippen molar-refractivity contribution in [2.75, 3.05) is 0 Å². The lowest BCUT2D eigenvalue weighted by Crippen LogP contribution is -2.38. The van der Waals surface area contributed by atoms with Crippen molar-refractivity contribution in [3.63, 3.8) is 0 Å². The summed E-state index contributed by atoms with van der Waals surface area (Å²) in [7, 11) is 0. The summed E-state index contributed by atoms with van der Waals surface area (Å²) in [6.07, 6.45) is 0. The number of carboxylic acids is 1. The molecule has 0 aromatic heterocycles. The lowest BCUT2D eigenvalue weighted by Gasteiger charge is -2.34. The molecule has 0 bridgehead atoms. The highest BCUT2D eigenvalue weighted by Crippen LogP contribution is 2.42. The van der Waals surface area contributed by atoms with E-state index in [9.17, 15) is 4.79 Å². The fourth-order valence-electron chi connectivity index (χ4n) is 1.27. The summed E-state index contributed by atoms with van der Waals surface area (Å²) in [6.45, 7) is 11.9. The van der Waals surface area contributed by atoms with E-state index in [0.717, 1.165) is 0 Å². The quantitative estimate of drug-likeness (QED) is 0.647. The first-order valence-corrected chi connectivity index (χ1v) is 4.33. The molecule has 2 nitrogen and oxygen atoms in total. The zero-order valence-corrected chi connectivity index (χ0v) is 8.93. The Kier molecular flexibility index (Phi) is 2.99. The Morgan fingerprint density at radius 2 is 1.50 bits per heavy atom. The standard InChI is InChI=1S/C9H19BO2/c1-8(2,3)10(6)9(4,5)7(11)12/h1-6H3,(H,11,12). The van der Waals surface area contributed by atoms with Crippen LogP contribution in [-0.2, 0) is 4.79 Å². The average Bonchev–Trinajstić information content (AvgIpc) is 1.83. The van der Waals surface area contributed by atoms with Crippen LogP contribution >= 0.6 is 0 Å². The van der Waals surface area contributed by atoms with E-state index in [1.165, 1.54) is 0 Å². The van der Waals surface area contributed by atoms with Crippen LogP contribution in [0.25, 0.3) is 0 Å². The first-order valence-electron chi connectivity index (χ1n) is 4.33. The Hall–Kier alpha value is -0.465. The normalized spacial score (nSPS) is 12.8. The second-order valence-corrected chi connectivity index (χ2v) is 5.11. The van der Waals surface area contributed by atoms with Crippen LogP contribution < -0.4 is 0 Å². The van der Waals surface area contributed by atoms with Gasteiger partial charge in [0.25, 0.3) is 0 Å². The minimum atomic E-state index is -0.718. The highest BCUT2D eigenvalue weighted by Gasteiger charge is 2.42. The van der Waals surface area contributed by atoms with Crippen molar-refractivity contribution in [3.05, 3.63) is 0 Å². The Morgan fingerprint density at radius 3 is 1.58 bits per heavy atom. The maximum absolute atomic E-state index is 10.9. The summed E-state index contributed by atoms with van der Waals surface area (Å²) in [6, 6.07) is 0. The third kappa shape index (κ3) is 2.26. The van der Waals surface area contributed by atoms with Gasteiger partial charge in [-0.2, -0.15) is 0 Å². The highest BCUT2D eigenvalue weighted by molar-refractivity contribution is 6.67. The molecule has 0 spiro atoms. The third-order valence-corrected chi connectivity index (χ3v) is 2.93. The van der Waals surface area contributed by atoms with Gasteiger partial charge in [-0.05, 0) is 0 Å². The molecule has 12 heavy (non-hydrogen) atoms.